The molecule has 2 aliphatic rings. The Bertz CT molecular complexity index is 1240. The molecule has 0 aliphatic carbocycles. The fraction of sp³-hybridized carbons (Fsp3) is 0.581. The van der Waals surface area contributed by atoms with E-state index in [1.165, 1.54) is 5.56 Å². The molecule has 0 radical (unpaired) electrons. The third-order valence-electron chi connectivity index (χ3n) is 8.31. The molecule has 1 fully saturated rings. The molecule has 0 saturated carbocycles. The average molecular weight is 565 g/mol. The number of hydrogen-bond donors (Lipinski definition) is 1. The third kappa shape index (κ3) is 7.36. The van der Waals surface area contributed by atoms with Gasteiger partial charge in [0.25, 0.3) is 0 Å². The summed E-state index contributed by atoms with van der Waals surface area (Å²) >= 11 is 0. The first-order chi connectivity index (χ1) is 20.1. The number of hydrogen-bond acceptors (Lipinski definition) is 9. The summed E-state index contributed by atoms with van der Waals surface area (Å²) in [5, 5.41) is 16.6. The summed E-state index contributed by atoms with van der Waals surface area (Å²) in [7, 11) is 5.27. The SMILES string of the molecule is CC[C@H](C[C@H]1C[C@H](c2ccc(OC)cc2)[C@@H](OCc2ccc3c(c2)N(CCCOC)CCO3)CN1)c1nnn(C)n1. The van der Waals surface area contributed by atoms with Crippen LogP contribution in [0.1, 0.15) is 61.4 Å². The zero-order valence-electron chi connectivity index (χ0n) is 24.8. The number of aryl methyl sites for hydroxylation is 1. The summed E-state index contributed by atoms with van der Waals surface area (Å²) in [6.07, 6.45) is 3.94. The van der Waals surface area contributed by atoms with E-state index in [4.69, 9.17) is 18.9 Å². The lowest BCUT2D eigenvalue weighted by molar-refractivity contribution is 0.00166. The van der Waals surface area contributed by atoms with Gasteiger partial charge in [-0.1, -0.05) is 25.1 Å². The van der Waals surface area contributed by atoms with Gasteiger partial charge in [-0.3, -0.25) is 0 Å². The number of anilines is 1. The largest absolute Gasteiger partial charge is 0.497 e. The number of nitrogens with one attached hydrogen (secondary N) is 1. The van der Waals surface area contributed by atoms with Gasteiger partial charge < -0.3 is 29.2 Å². The van der Waals surface area contributed by atoms with Crippen molar-refractivity contribution in [1.82, 2.24) is 25.5 Å². The molecular weight excluding hydrogens is 520 g/mol. The van der Waals surface area contributed by atoms with Crippen molar-refractivity contribution in [1.29, 1.82) is 0 Å². The molecule has 2 aromatic carbocycles. The van der Waals surface area contributed by atoms with E-state index in [9.17, 15) is 0 Å². The maximum atomic E-state index is 6.67. The zero-order valence-corrected chi connectivity index (χ0v) is 24.8. The molecule has 1 aromatic heterocycles. The fourth-order valence-electron chi connectivity index (χ4n) is 6.03. The molecule has 3 aromatic rings. The Hall–Kier alpha value is -3.21. The molecule has 0 spiro atoms. The second-order valence-electron chi connectivity index (χ2n) is 11.0. The van der Waals surface area contributed by atoms with Crippen molar-refractivity contribution in [2.24, 2.45) is 7.05 Å². The normalized spacial score (nSPS) is 21.3. The van der Waals surface area contributed by atoms with Crippen molar-refractivity contribution in [3.8, 4) is 11.5 Å². The van der Waals surface area contributed by atoms with E-state index in [0.29, 0.717) is 19.3 Å². The van der Waals surface area contributed by atoms with Gasteiger partial charge in [-0.15, -0.1) is 10.2 Å². The van der Waals surface area contributed by atoms with E-state index in [0.717, 1.165) is 80.5 Å². The van der Waals surface area contributed by atoms with Crippen LogP contribution in [0.3, 0.4) is 0 Å². The fourth-order valence-corrected chi connectivity index (χ4v) is 6.03. The van der Waals surface area contributed by atoms with Crippen LogP contribution in [0.25, 0.3) is 0 Å². The van der Waals surface area contributed by atoms with E-state index >= 15 is 0 Å². The van der Waals surface area contributed by atoms with Crippen LogP contribution < -0.4 is 19.7 Å². The zero-order chi connectivity index (χ0) is 28.6. The molecule has 10 nitrogen and oxygen atoms in total. The standard InChI is InChI=1S/C31H44N6O4/c1-5-23(31-33-35-36(2)34-31)18-25-19-27(24-8-10-26(39-4)11-9-24)30(20-32-25)41-21-22-7-12-29-28(17-22)37(14-16-40-29)13-6-15-38-3/h7-12,17,23,25,27,30,32H,5-6,13-16,18-21H2,1-4H3/t23-,25+,27-,30+/m1/s1. The van der Waals surface area contributed by atoms with Crippen LogP contribution in [0.2, 0.25) is 0 Å². The number of nitrogens with zero attached hydrogens (tertiary/aromatic N) is 5. The van der Waals surface area contributed by atoms with Gasteiger partial charge in [0.1, 0.15) is 18.1 Å². The first kappa shape index (κ1) is 29.3. The van der Waals surface area contributed by atoms with Gasteiger partial charge in [0, 0.05) is 44.7 Å². The predicted octanol–water partition coefficient (Wildman–Crippen LogP) is 4.07. The van der Waals surface area contributed by atoms with Crippen LogP contribution in [0.4, 0.5) is 5.69 Å². The maximum Gasteiger partial charge on any atom is 0.177 e. The highest BCUT2D eigenvalue weighted by Gasteiger charge is 2.34. The molecular formula is C31H44N6O4. The van der Waals surface area contributed by atoms with Crippen LogP contribution in [-0.4, -0.2) is 79.4 Å². The van der Waals surface area contributed by atoms with Crippen molar-refractivity contribution < 1.29 is 18.9 Å². The van der Waals surface area contributed by atoms with Gasteiger partial charge in [0.05, 0.1) is 39.1 Å². The first-order valence-electron chi connectivity index (χ1n) is 14.8. The molecule has 5 rings (SSSR count). The number of piperidine rings is 1. The maximum absolute atomic E-state index is 6.67. The summed E-state index contributed by atoms with van der Waals surface area (Å²) in [4.78, 5) is 3.94. The van der Waals surface area contributed by atoms with Crippen molar-refractivity contribution in [2.75, 3.05) is 52.0 Å². The smallest absolute Gasteiger partial charge is 0.177 e. The summed E-state index contributed by atoms with van der Waals surface area (Å²) in [6.45, 7) is 6.82. The van der Waals surface area contributed by atoms with E-state index in [-0.39, 0.29) is 17.9 Å². The van der Waals surface area contributed by atoms with Gasteiger partial charge in [-0.05, 0) is 66.3 Å². The Balaban J connectivity index is 1.28. The highest BCUT2D eigenvalue weighted by molar-refractivity contribution is 5.61. The lowest BCUT2D eigenvalue weighted by Gasteiger charge is -2.38. The molecule has 0 amide bonds. The summed E-state index contributed by atoms with van der Waals surface area (Å²) in [6, 6.07) is 15.2. The van der Waals surface area contributed by atoms with Crippen molar-refractivity contribution in [3.63, 3.8) is 0 Å². The molecule has 1 saturated heterocycles. The number of methoxy groups -OCH3 is 2. The summed E-state index contributed by atoms with van der Waals surface area (Å²) in [5.41, 5.74) is 3.57. The summed E-state index contributed by atoms with van der Waals surface area (Å²) in [5.74, 6) is 3.15. The first-order valence-corrected chi connectivity index (χ1v) is 14.8. The van der Waals surface area contributed by atoms with Crippen molar-refractivity contribution in [3.05, 3.63) is 59.4 Å². The lowest BCUT2D eigenvalue weighted by Crippen LogP contribution is -2.47. The van der Waals surface area contributed by atoms with Gasteiger partial charge in [0.15, 0.2) is 5.82 Å². The number of ether oxygens (including phenoxy) is 4. The Morgan fingerprint density at radius 2 is 2.00 bits per heavy atom. The second-order valence-corrected chi connectivity index (χ2v) is 11.0. The molecule has 2 aliphatic heterocycles. The lowest BCUT2D eigenvalue weighted by atomic mass is 9.81. The van der Waals surface area contributed by atoms with Crippen LogP contribution in [0.5, 0.6) is 11.5 Å². The Morgan fingerprint density at radius 1 is 1.15 bits per heavy atom. The molecule has 3 heterocycles. The molecule has 10 heteroatoms. The van der Waals surface area contributed by atoms with Crippen LogP contribution in [0.15, 0.2) is 42.5 Å². The Morgan fingerprint density at radius 3 is 2.73 bits per heavy atom. The second kappa shape index (κ2) is 14.1. The number of benzene rings is 2. The number of fused-ring (bicyclic) bond motifs is 1. The number of aromatic nitrogens is 4. The number of tetrazole rings is 1. The molecule has 0 bridgehead atoms. The van der Waals surface area contributed by atoms with Crippen LogP contribution in [-0.2, 0) is 23.1 Å². The monoisotopic (exact) mass is 564 g/mol. The van der Waals surface area contributed by atoms with E-state index < -0.39 is 0 Å². The summed E-state index contributed by atoms with van der Waals surface area (Å²) < 4.78 is 23.3. The van der Waals surface area contributed by atoms with Crippen molar-refractivity contribution >= 4 is 5.69 Å². The van der Waals surface area contributed by atoms with E-state index in [2.05, 4.69) is 62.9 Å². The van der Waals surface area contributed by atoms with Gasteiger partial charge >= 0.3 is 0 Å². The average Bonchev–Trinajstić information content (AvgIpc) is 3.45. The van der Waals surface area contributed by atoms with Gasteiger partial charge in [-0.2, -0.15) is 4.80 Å². The minimum absolute atomic E-state index is 0.0412. The molecule has 0 unspecified atom stereocenters. The molecule has 4 atom stereocenters. The minimum Gasteiger partial charge on any atom is -0.497 e. The van der Waals surface area contributed by atoms with Crippen LogP contribution >= 0.6 is 0 Å². The van der Waals surface area contributed by atoms with Gasteiger partial charge in [0.2, 0.25) is 0 Å². The Labute approximate surface area is 243 Å². The van der Waals surface area contributed by atoms with Crippen molar-refractivity contribution in [2.45, 2.75) is 63.2 Å². The highest BCUT2D eigenvalue weighted by atomic mass is 16.5. The van der Waals surface area contributed by atoms with E-state index in [1.807, 2.05) is 19.2 Å². The molecule has 222 valence electrons. The Kier molecular flexibility index (Phi) is 10.1. The number of rotatable bonds is 13. The molecule has 41 heavy (non-hydrogen) atoms. The van der Waals surface area contributed by atoms with E-state index in [1.54, 1.807) is 19.0 Å². The van der Waals surface area contributed by atoms with Gasteiger partial charge in [-0.25, -0.2) is 0 Å². The van der Waals surface area contributed by atoms with Crippen LogP contribution in [0, 0.1) is 0 Å². The molecule has 1 N–H and O–H groups in total. The minimum atomic E-state index is 0.0412. The predicted molar refractivity (Wildman–Crippen MR) is 158 cm³/mol. The topological polar surface area (TPSA) is 95.8 Å². The quantitative estimate of drug-likeness (QED) is 0.308. The highest BCUT2D eigenvalue weighted by Crippen LogP contribution is 2.36. The third-order valence-corrected chi connectivity index (χ3v) is 8.31.